The lowest BCUT2D eigenvalue weighted by Crippen LogP contribution is -2.28. The molecule has 22 heavy (non-hydrogen) atoms. The van der Waals surface area contributed by atoms with Gasteiger partial charge >= 0.3 is 0 Å². The van der Waals surface area contributed by atoms with Gasteiger partial charge in [0.25, 0.3) is 5.91 Å². The molecule has 0 radical (unpaired) electrons. The van der Waals surface area contributed by atoms with E-state index < -0.39 is 6.10 Å². The average Bonchev–Trinajstić information content (AvgIpc) is 2.98. The first-order chi connectivity index (χ1) is 10.6. The van der Waals surface area contributed by atoms with Gasteiger partial charge in [0.15, 0.2) is 0 Å². The van der Waals surface area contributed by atoms with Crippen LogP contribution in [0.5, 0.6) is 0 Å². The molecular formula is C16H14FN3O2. The summed E-state index contributed by atoms with van der Waals surface area (Å²) in [5.41, 5.74) is 2.36. The van der Waals surface area contributed by atoms with Crippen molar-refractivity contribution in [2.24, 2.45) is 5.16 Å². The Morgan fingerprint density at radius 3 is 2.82 bits per heavy atom. The zero-order valence-electron chi connectivity index (χ0n) is 11.9. The molecule has 112 valence electrons. The number of nitrogens with zero attached hydrogens (tertiary/aromatic N) is 2. The largest absolute Gasteiger partial charge is 0.382 e. The van der Waals surface area contributed by atoms with Crippen LogP contribution < -0.4 is 5.32 Å². The fraction of sp³-hybridized carbons (Fsp3) is 0.188. The lowest BCUT2D eigenvalue weighted by molar-refractivity contribution is -0.125. The van der Waals surface area contributed by atoms with Gasteiger partial charge in [-0.3, -0.25) is 4.79 Å². The lowest BCUT2D eigenvalue weighted by atomic mass is 10.0. The predicted molar refractivity (Wildman–Crippen MR) is 80.0 cm³/mol. The van der Waals surface area contributed by atoms with Crippen molar-refractivity contribution in [1.29, 1.82) is 0 Å². The molecule has 0 saturated heterocycles. The maximum absolute atomic E-state index is 12.9. The Morgan fingerprint density at radius 2 is 2.09 bits per heavy atom. The molecule has 1 amide bonds. The average molecular weight is 299 g/mol. The molecule has 1 atom stereocenters. The number of oxime groups is 1. The van der Waals surface area contributed by atoms with Crippen molar-refractivity contribution in [3.05, 3.63) is 59.5 Å². The Morgan fingerprint density at radius 1 is 1.32 bits per heavy atom. The van der Waals surface area contributed by atoms with Gasteiger partial charge in [-0.15, -0.1) is 0 Å². The summed E-state index contributed by atoms with van der Waals surface area (Å²) in [6.45, 7) is 1.92. The van der Waals surface area contributed by atoms with Crippen LogP contribution in [0.4, 0.5) is 10.2 Å². The van der Waals surface area contributed by atoms with Gasteiger partial charge in [-0.2, -0.15) is 0 Å². The summed E-state index contributed by atoms with van der Waals surface area (Å²) < 4.78 is 12.9. The molecule has 0 saturated carbocycles. The van der Waals surface area contributed by atoms with E-state index >= 15 is 0 Å². The first kappa shape index (κ1) is 14.2. The van der Waals surface area contributed by atoms with E-state index in [-0.39, 0.29) is 11.7 Å². The van der Waals surface area contributed by atoms with Gasteiger partial charge in [-0.05, 0) is 42.3 Å². The molecule has 0 bridgehead atoms. The Kier molecular flexibility index (Phi) is 3.82. The number of benzene rings is 1. The van der Waals surface area contributed by atoms with E-state index in [9.17, 15) is 9.18 Å². The molecule has 0 spiro atoms. The van der Waals surface area contributed by atoms with Crippen LogP contribution in [0.3, 0.4) is 0 Å². The summed E-state index contributed by atoms with van der Waals surface area (Å²) >= 11 is 0. The van der Waals surface area contributed by atoms with E-state index in [0.29, 0.717) is 18.0 Å². The standard InChI is InChI=1S/C16H14FN3O2/c1-10-6-7-18-15(8-10)19-16(21)14-9-13(20-22-14)11-2-4-12(17)5-3-11/h2-8,14H,9H2,1H3,(H,18,19,21). The molecule has 2 heterocycles. The van der Waals surface area contributed by atoms with Gasteiger partial charge in [0, 0.05) is 12.6 Å². The van der Waals surface area contributed by atoms with Crippen LogP contribution in [-0.2, 0) is 9.63 Å². The third-order valence-electron chi connectivity index (χ3n) is 3.31. The molecular weight excluding hydrogens is 285 g/mol. The van der Waals surface area contributed by atoms with Crippen molar-refractivity contribution in [3.8, 4) is 0 Å². The molecule has 5 nitrogen and oxygen atoms in total. The second kappa shape index (κ2) is 5.93. The van der Waals surface area contributed by atoms with Gasteiger partial charge in [0.2, 0.25) is 6.10 Å². The van der Waals surface area contributed by atoms with Crippen LogP contribution in [0, 0.1) is 12.7 Å². The molecule has 2 aromatic rings. The number of anilines is 1. The smallest absolute Gasteiger partial charge is 0.269 e. The Balaban J connectivity index is 1.64. The van der Waals surface area contributed by atoms with Gasteiger partial charge in [0.05, 0.1) is 5.71 Å². The number of aromatic nitrogens is 1. The highest BCUT2D eigenvalue weighted by molar-refractivity contribution is 6.05. The van der Waals surface area contributed by atoms with E-state index in [0.717, 1.165) is 11.1 Å². The molecule has 1 aromatic heterocycles. The number of carbonyl (C=O) groups is 1. The van der Waals surface area contributed by atoms with E-state index in [2.05, 4.69) is 15.5 Å². The zero-order valence-corrected chi connectivity index (χ0v) is 11.9. The predicted octanol–water partition coefficient (Wildman–Crippen LogP) is 2.66. The Labute approximate surface area is 126 Å². The van der Waals surface area contributed by atoms with Crippen molar-refractivity contribution in [3.63, 3.8) is 0 Å². The number of nitrogens with one attached hydrogen (secondary N) is 1. The Bertz CT molecular complexity index is 728. The summed E-state index contributed by atoms with van der Waals surface area (Å²) in [4.78, 5) is 21.4. The third-order valence-corrected chi connectivity index (χ3v) is 3.31. The summed E-state index contributed by atoms with van der Waals surface area (Å²) in [5, 5.41) is 6.61. The highest BCUT2D eigenvalue weighted by Crippen LogP contribution is 2.18. The molecule has 3 rings (SSSR count). The number of aryl methyl sites for hydroxylation is 1. The number of rotatable bonds is 3. The first-order valence-electron chi connectivity index (χ1n) is 6.84. The number of amides is 1. The van der Waals surface area contributed by atoms with Crippen molar-refractivity contribution in [2.45, 2.75) is 19.4 Å². The highest BCUT2D eigenvalue weighted by Gasteiger charge is 2.29. The Hall–Kier alpha value is -2.76. The van der Waals surface area contributed by atoms with Crippen LogP contribution in [0.2, 0.25) is 0 Å². The maximum Gasteiger partial charge on any atom is 0.269 e. The molecule has 0 aliphatic carbocycles. The summed E-state index contributed by atoms with van der Waals surface area (Å²) in [6.07, 6.45) is 1.26. The summed E-state index contributed by atoms with van der Waals surface area (Å²) in [5.74, 6) is -0.147. The van der Waals surface area contributed by atoms with Crippen LogP contribution in [0.1, 0.15) is 17.5 Å². The normalized spacial score (nSPS) is 16.8. The molecule has 1 aliphatic heterocycles. The maximum atomic E-state index is 12.9. The number of carbonyl (C=O) groups excluding carboxylic acids is 1. The summed E-state index contributed by atoms with van der Waals surface area (Å²) in [7, 11) is 0. The quantitative estimate of drug-likeness (QED) is 0.947. The van der Waals surface area contributed by atoms with Crippen molar-refractivity contribution >= 4 is 17.4 Å². The van der Waals surface area contributed by atoms with E-state index in [1.54, 1.807) is 24.4 Å². The highest BCUT2D eigenvalue weighted by atomic mass is 19.1. The summed E-state index contributed by atoms with van der Waals surface area (Å²) in [6, 6.07) is 9.54. The van der Waals surface area contributed by atoms with Gasteiger partial charge < -0.3 is 10.2 Å². The fourth-order valence-corrected chi connectivity index (χ4v) is 2.14. The fourth-order valence-electron chi connectivity index (χ4n) is 2.14. The number of hydrogen-bond acceptors (Lipinski definition) is 4. The second-order valence-electron chi connectivity index (χ2n) is 5.05. The molecule has 1 N–H and O–H groups in total. The number of pyridine rings is 1. The minimum atomic E-state index is -0.706. The van der Waals surface area contributed by atoms with Crippen LogP contribution in [-0.4, -0.2) is 22.7 Å². The molecule has 1 aliphatic rings. The monoisotopic (exact) mass is 299 g/mol. The minimum Gasteiger partial charge on any atom is -0.382 e. The van der Waals surface area contributed by atoms with Crippen molar-refractivity contribution in [2.75, 3.05) is 5.32 Å². The minimum absolute atomic E-state index is 0.307. The molecule has 1 unspecified atom stereocenters. The van der Waals surface area contributed by atoms with Crippen LogP contribution >= 0.6 is 0 Å². The van der Waals surface area contributed by atoms with Crippen molar-refractivity contribution < 1.29 is 14.0 Å². The first-order valence-corrected chi connectivity index (χ1v) is 6.84. The van der Waals surface area contributed by atoms with Crippen LogP contribution in [0.15, 0.2) is 47.8 Å². The number of halogens is 1. The SMILES string of the molecule is Cc1ccnc(NC(=O)C2CC(c3ccc(F)cc3)=NO2)c1. The zero-order chi connectivity index (χ0) is 15.5. The third kappa shape index (κ3) is 3.11. The van der Waals surface area contributed by atoms with E-state index in [1.165, 1.54) is 12.1 Å². The van der Waals surface area contributed by atoms with E-state index in [4.69, 9.17) is 4.84 Å². The van der Waals surface area contributed by atoms with Crippen LogP contribution in [0.25, 0.3) is 0 Å². The number of hydrogen-bond donors (Lipinski definition) is 1. The van der Waals surface area contributed by atoms with Crippen molar-refractivity contribution in [1.82, 2.24) is 4.98 Å². The molecule has 0 fully saturated rings. The lowest BCUT2D eigenvalue weighted by Gasteiger charge is -2.09. The van der Waals surface area contributed by atoms with E-state index in [1.807, 2.05) is 13.0 Å². The van der Waals surface area contributed by atoms with Gasteiger partial charge in [0.1, 0.15) is 11.6 Å². The second-order valence-corrected chi connectivity index (χ2v) is 5.05. The molecule has 1 aromatic carbocycles. The topological polar surface area (TPSA) is 63.6 Å². The van der Waals surface area contributed by atoms with Gasteiger partial charge in [-0.1, -0.05) is 17.3 Å². The van der Waals surface area contributed by atoms with Gasteiger partial charge in [-0.25, -0.2) is 9.37 Å². The molecule has 6 heteroatoms.